The molecule has 3 rings (SSSR count). The fourth-order valence-corrected chi connectivity index (χ4v) is 4.17. The van der Waals surface area contributed by atoms with Gasteiger partial charge in [0, 0.05) is 6.04 Å². The lowest BCUT2D eigenvalue weighted by atomic mass is 9.80. The topological polar surface area (TPSA) is 32.3 Å². The van der Waals surface area contributed by atoms with Crippen molar-refractivity contribution in [2.45, 2.75) is 83.0 Å². The van der Waals surface area contributed by atoms with E-state index < -0.39 is 0 Å². The fourth-order valence-electron chi connectivity index (χ4n) is 4.17. The van der Waals surface area contributed by atoms with E-state index in [0.717, 1.165) is 31.6 Å². The van der Waals surface area contributed by atoms with Gasteiger partial charge in [0.25, 0.3) is 0 Å². The molecule has 1 saturated heterocycles. The molecule has 1 N–H and O–H groups in total. The third-order valence-electron chi connectivity index (χ3n) is 5.18. The highest BCUT2D eigenvalue weighted by Crippen LogP contribution is 2.42. The molecule has 0 aromatic carbocycles. The van der Waals surface area contributed by atoms with E-state index in [1.165, 1.54) is 25.7 Å². The van der Waals surface area contributed by atoms with Crippen molar-refractivity contribution < 1.29 is 4.79 Å². The van der Waals surface area contributed by atoms with Crippen LogP contribution in [0.15, 0.2) is 0 Å². The van der Waals surface area contributed by atoms with Gasteiger partial charge in [-0.15, -0.1) is 0 Å². The van der Waals surface area contributed by atoms with Crippen LogP contribution in [-0.4, -0.2) is 28.6 Å². The van der Waals surface area contributed by atoms with Crippen molar-refractivity contribution in [1.82, 2.24) is 10.2 Å². The van der Waals surface area contributed by atoms with Crippen molar-refractivity contribution in [3.05, 3.63) is 0 Å². The summed E-state index contributed by atoms with van der Waals surface area (Å²) in [7, 11) is 0. The number of carbonyl (C=O) groups excluding carboxylic acids is 1. The summed E-state index contributed by atoms with van der Waals surface area (Å²) in [6.07, 6.45) is 9.55. The predicted octanol–water partition coefficient (Wildman–Crippen LogP) is 2.66. The van der Waals surface area contributed by atoms with Gasteiger partial charge in [-0.1, -0.05) is 33.1 Å². The smallest absolute Gasteiger partial charge is 0.244 e. The van der Waals surface area contributed by atoms with Crippen molar-refractivity contribution in [2.24, 2.45) is 5.92 Å². The molecule has 3 heteroatoms. The number of carbonyl (C=O) groups is 1. The Morgan fingerprint density at radius 3 is 2.56 bits per heavy atom. The van der Waals surface area contributed by atoms with Crippen molar-refractivity contribution in [2.75, 3.05) is 0 Å². The molecular formula is C15H26N2O. The van der Waals surface area contributed by atoms with Crippen LogP contribution in [0, 0.1) is 5.92 Å². The first-order valence-electron chi connectivity index (χ1n) is 7.77. The van der Waals surface area contributed by atoms with Crippen LogP contribution in [0.3, 0.4) is 0 Å². The summed E-state index contributed by atoms with van der Waals surface area (Å²) in [5, 5.41) is 3.71. The Morgan fingerprint density at radius 2 is 2.00 bits per heavy atom. The Kier molecular flexibility index (Phi) is 3.13. The maximum absolute atomic E-state index is 12.8. The summed E-state index contributed by atoms with van der Waals surface area (Å²) in [6, 6.07) is 0.525. The Balaban J connectivity index is 1.78. The normalized spacial score (nSPS) is 38.4. The Labute approximate surface area is 110 Å². The molecule has 0 bridgehead atoms. The molecule has 1 heterocycles. The second-order valence-electron chi connectivity index (χ2n) is 6.68. The number of amides is 1. The van der Waals surface area contributed by atoms with Gasteiger partial charge in [0.2, 0.25) is 5.91 Å². The number of hydrogen-bond donors (Lipinski definition) is 1. The summed E-state index contributed by atoms with van der Waals surface area (Å²) in [4.78, 5) is 15.1. The van der Waals surface area contributed by atoms with Crippen molar-refractivity contribution >= 4 is 5.91 Å². The molecule has 18 heavy (non-hydrogen) atoms. The first-order chi connectivity index (χ1) is 8.66. The molecular weight excluding hydrogens is 224 g/mol. The van der Waals surface area contributed by atoms with Gasteiger partial charge >= 0.3 is 0 Å². The lowest BCUT2D eigenvalue weighted by Gasteiger charge is -2.42. The Morgan fingerprint density at radius 1 is 1.33 bits per heavy atom. The van der Waals surface area contributed by atoms with E-state index in [4.69, 9.17) is 0 Å². The molecule has 1 aliphatic heterocycles. The van der Waals surface area contributed by atoms with Crippen LogP contribution in [0.5, 0.6) is 0 Å². The maximum atomic E-state index is 12.8. The average Bonchev–Trinajstić information content (AvgIpc) is 2.85. The van der Waals surface area contributed by atoms with Crippen molar-refractivity contribution in [3.63, 3.8) is 0 Å². The standard InChI is InChI=1S/C15H26N2O/c1-3-6-13-16-15(7-4-5-8-15)14(18)17(13)12-9-11(2)10-12/h11-13,16H,3-10H2,1-2H3. The van der Waals surface area contributed by atoms with E-state index >= 15 is 0 Å². The summed E-state index contributed by atoms with van der Waals surface area (Å²) < 4.78 is 0. The SMILES string of the molecule is CCCC1NC2(CCCC2)C(=O)N1C1CC(C)C1. The summed E-state index contributed by atoms with van der Waals surface area (Å²) >= 11 is 0. The Hall–Kier alpha value is -0.570. The molecule has 3 nitrogen and oxygen atoms in total. The average molecular weight is 250 g/mol. The third-order valence-corrected chi connectivity index (χ3v) is 5.18. The zero-order chi connectivity index (χ0) is 12.8. The summed E-state index contributed by atoms with van der Waals surface area (Å²) in [6.45, 7) is 4.51. The summed E-state index contributed by atoms with van der Waals surface area (Å²) in [5.41, 5.74) is -0.168. The molecule has 3 aliphatic rings. The third kappa shape index (κ3) is 1.78. The minimum absolute atomic E-state index is 0.168. The van der Waals surface area contributed by atoms with Crippen molar-refractivity contribution in [3.8, 4) is 0 Å². The first kappa shape index (κ1) is 12.5. The number of nitrogens with zero attached hydrogens (tertiary/aromatic N) is 1. The van der Waals surface area contributed by atoms with Crippen LogP contribution in [0.25, 0.3) is 0 Å². The number of hydrogen-bond acceptors (Lipinski definition) is 2. The van der Waals surface area contributed by atoms with Crippen LogP contribution >= 0.6 is 0 Å². The second kappa shape index (κ2) is 4.52. The molecule has 1 spiro atoms. The molecule has 3 fully saturated rings. The van der Waals surface area contributed by atoms with Gasteiger partial charge in [-0.3, -0.25) is 10.1 Å². The van der Waals surface area contributed by atoms with Crippen molar-refractivity contribution in [1.29, 1.82) is 0 Å². The zero-order valence-electron chi connectivity index (χ0n) is 11.7. The highest BCUT2D eigenvalue weighted by atomic mass is 16.2. The number of nitrogens with one attached hydrogen (secondary N) is 1. The van der Waals surface area contributed by atoms with E-state index in [0.29, 0.717) is 18.1 Å². The molecule has 0 aromatic heterocycles. The largest absolute Gasteiger partial charge is 0.323 e. The minimum Gasteiger partial charge on any atom is -0.323 e. The van der Waals surface area contributed by atoms with E-state index in [-0.39, 0.29) is 5.54 Å². The highest BCUT2D eigenvalue weighted by molar-refractivity contribution is 5.89. The van der Waals surface area contributed by atoms with E-state index in [1.54, 1.807) is 0 Å². The van der Waals surface area contributed by atoms with Gasteiger partial charge in [0.1, 0.15) is 0 Å². The van der Waals surface area contributed by atoms with E-state index in [1.807, 2.05) is 0 Å². The first-order valence-corrected chi connectivity index (χ1v) is 7.77. The molecule has 2 aliphatic carbocycles. The van der Waals surface area contributed by atoms with Crippen LogP contribution in [0.4, 0.5) is 0 Å². The van der Waals surface area contributed by atoms with Gasteiger partial charge < -0.3 is 4.90 Å². The zero-order valence-corrected chi connectivity index (χ0v) is 11.7. The Bertz CT molecular complexity index is 329. The quantitative estimate of drug-likeness (QED) is 0.835. The van der Waals surface area contributed by atoms with Gasteiger partial charge in [-0.25, -0.2) is 0 Å². The molecule has 0 radical (unpaired) electrons. The molecule has 1 atom stereocenters. The fraction of sp³-hybridized carbons (Fsp3) is 0.933. The van der Waals surface area contributed by atoms with Gasteiger partial charge in [-0.05, 0) is 38.0 Å². The molecule has 1 amide bonds. The van der Waals surface area contributed by atoms with Crippen LogP contribution in [0.1, 0.15) is 65.2 Å². The van der Waals surface area contributed by atoms with Gasteiger partial charge in [0.15, 0.2) is 0 Å². The molecule has 102 valence electrons. The van der Waals surface area contributed by atoms with E-state index in [2.05, 4.69) is 24.1 Å². The predicted molar refractivity (Wildman–Crippen MR) is 72.1 cm³/mol. The second-order valence-corrected chi connectivity index (χ2v) is 6.68. The van der Waals surface area contributed by atoms with Crippen LogP contribution in [0.2, 0.25) is 0 Å². The monoisotopic (exact) mass is 250 g/mol. The van der Waals surface area contributed by atoms with Crippen LogP contribution < -0.4 is 5.32 Å². The molecule has 0 aromatic rings. The minimum atomic E-state index is -0.168. The number of rotatable bonds is 3. The maximum Gasteiger partial charge on any atom is 0.244 e. The lowest BCUT2D eigenvalue weighted by Crippen LogP contribution is -2.50. The summed E-state index contributed by atoms with van der Waals surface area (Å²) in [5.74, 6) is 1.24. The molecule has 1 unspecified atom stereocenters. The highest BCUT2D eigenvalue weighted by Gasteiger charge is 2.54. The van der Waals surface area contributed by atoms with Gasteiger partial charge in [0.05, 0.1) is 11.7 Å². The lowest BCUT2D eigenvalue weighted by molar-refractivity contribution is -0.138. The van der Waals surface area contributed by atoms with Gasteiger partial charge in [-0.2, -0.15) is 0 Å². The van der Waals surface area contributed by atoms with Crippen LogP contribution in [-0.2, 0) is 4.79 Å². The molecule has 2 saturated carbocycles. The van der Waals surface area contributed by atoms with E-state index in [9.17, 15) is 4.79 Å².